The Morgan fingerprint density at radius 2 is 1.95 bits per heavy atom. The molecule has 0 bridgehead atoms. The third-order valence-electron chi connectivity index (χ3n) is 3.62. The van der Waals surface area contributed by atoms with E-state index < -0.39 is 18.1 Å². The van der Waals surface area contributed by atoms with Gasteiger partial charge in [0.05, 0.1) is 13.2 Å². The Balaban J connectivity index is 1.92. The lowest BCUT2D eigenvalue weighted by atomic mass is 10.2. The fourth-order valence-corrected chi connectivity index (χ4v) is 2.61. The van der Waals surface area contributed by atoms with Gasteiger partial charge in [0.2, 0.25) is 11.8 Å². The van der Waals surface area contributed by atoms with Crippen molar-refractivity contribution in [1.82, 2.24) is 9.80 Å². The van der Waals surface area contributed by atoms with Crippen LogP contribution >= 0.6 is 0 Å². The number of carbonyl (C=O) groups is 3. The highest BCUT2D eigenvalue weighted by Crippen LogP contribution is 2.19. The molecule has 2 aliphatic rings. The van der Waals surface area contributed by atoms with Gasteiger partial charge in [-0.1, -0.05) is 0 Å². The van der Waals surface area contributed by atoms with Crippen LogP contribution in [0.4, 0.5) is 0 Å². The average molecular weight is 270 g/mol. The summed E-state index contributed by atoms with van der Waals surface area (Å²) in [4.78, 5) is 37.5. The van der Waals surface area contributed by atoms with Crippen LogP contribution in [0.3, 0.4) is 0 Å². The first-order chi connectivity index (χ1) is 9.02. The number of methoxy groups -OCH3 is 1. The van der Waals surface area contributed by atoms with Gasteiger partial charge in [-0.05, 0) is 0 Å². The molecule has 2 amide bonds. The number of hydrogen-bond donors (Lipinski definition) is 1. The van der Waals surface area contributed by atoms with E-state index in [2.05, 4.69) is 4.74 Å². The lowest BCUT2D eigenvalue weighted by Gasteiger charge is -2.24. The summed E-state index contributed by atoms with van der Waals surface area (Å²) in [6.07, 6.45) is 0.285. The Morgan fingerprint density at radius 3 is 2.53 bits per heavy atom. The summed E-state index contributed by atoms with van der Waals surface area (Å²) in [6, 6.07) is -0.493. The van der Waals surface area contributed by atoms with Crippen LogP contribution in [-0.2, 0) is 19.1 Å². The average Bonchev–Trinajstić information content (AvgIpc) is 2.90. The molecule has 0 saturated carbocycles. The molecule has 0 radical (unpaired) electrons. The van der Waals surface area contributed by atoms with Crippen LogP contribution < -0.4 is 0 Å². The summed E-state index contributed by atoms with van der Waals surface area (Å²) < 4.78 is 4.69. The molecule has 2 rings (SSSR count). The monoisotopic (exact) mass is 270 g/mol. The molecule has 19 heavy (non-hydrogen) atoms. The third kappa shape index (κ3) is 2.93. The van der Waals surface area contributed by atoms with E-state index in [9.17, 15) is 19.5 Å². The summed E-state index contributed by atoms with van der Waals surface area (Å²) in [7, 11) is 1.30. The van der Waals surface area contributed by atoms with Crippen LogP contribution in [0, 0.1) is 0 Å². The molecule has 0 aromatic rings. The molecule has 1 N–H and O–H groups in total. The minimum Gasteiger partial charge on any atom is -0.468 e. The number of esters is 1. The second-order valence-electron chi connectivity index (χ2n) is 4.86. The van der Waals surface area contributed by atoms with Crippen LogP contribution in [-0.4, -0.2) is 71.6 Å². The Kier molecular flexibility index (Phi) is 4.16. The molecular formula is C12H18N2O5. The quantitative estimate of drug-likeness (QED) is 0.507. The zero-order chi connectivity index (χ0) is 14.0. The van der Waals surface area contributed by atoms with Crippen molar-refractivity contribution in [3.8, 4) is 0 Å². The number of nitrogens with zero attached hydrogens (tertiary/aromatic N) is 2. The Labute approximate surface area is 111 Å². The van der Waals surface area contributed by atoms with Gasteiger partial charge in [0, 0.05) is 38.9 Å². The highest BCUT2D eigenvalue weighted by Gasteiger charge is 2.37. The largest absolute Gasteiger partial charge is 0.468 e. The number of ether oxygens (including phenoxy) is 1. The van der Waals surface area contributed by atoms with E-state index in [1.165, 1.54) is 12.0 Å². The number of carbonyl (C=O) groups excluding carboxylic acids is 3. The molecule has 7 nitrogen and oxygen atoms in total. The second kappa shape index (κ2) is 5.66. The van der Waals surface area contributed by atoms with Gasteiger partial charge < -0.3 is 9.84 Å². The fraction of sp³-hybridized carbons (Fsp3) is 0.750. The molecule has 106 valence electrons. The Hall–Kier alpha value is -1.47. The summed E-state index contributed by atoms with van der Waals surface area (Å²) in [6.45, 7) is 1.00. The maximum absolute atomic E-state index is 11.6. The van der Waals surface area contributed by atoms with E-state index in [0.29, 0.717) is 19.5 Å². The van der Waals surface area contributed by atoms with Gasteiger partial charge in [-0.25, -0.2) is 0 Å². The number of hydrogen-bond acceptors (Lipinski definition) is 6. The van der Waals surface area contributed by atoms with Crippen molar-refractivity contribution in [3.05, 3.63) is 0 Å². The van der Waals surface area contributed by atoms with E-state index in [-0.39, 0.29) is 31.2 Å². The van der Waals surface area contributed by atoms with E-state index in [1.54, 1.807) is 4.90 Å². The molecular weight excluding hydrogens is 252 g/mol. The lowest BCUT2D eigenvalue weighted by Crippen LogP contribution is -2.43. The third-order valence-corrected chi connectivity index (χ3v) is 3.62. The van der Waals surface area contributed by atoms with Crippen molar-refractivity contribution in [3.63, 3.8) is 0 Å². The molecule has 2 fully saturated rings. The molecule has 0 aliphatic carbocycles. The van der Waals surface area contributed by atoms with Crippen LogP contribution in [0.15, 0.2) is 0 Å². The van der Waals surface area contributed by atoms with Gasteiger partial charge >= 0.3 is 5.97 Å². The summed E-state index contributed by atoms with van der Waals surface area (Å²) in [5.41, 5.74) is 0. The summed E-state index contributed by atoms with van der Waals surface area (Å²) in [5.74, 6) is -0.727. The summed E-state index contributed by atoms with van der Waals surface area (Å²) in [5, 5.41) is 9.61. The zero-order valence-corrected chi connectivity index (χ0v) is 10.9. The molecule has 2 atom stereocenters. The van der Waals surface area contributed by atoms with E-state index in [4.69, 9.17) is 0 Å². The van der Waals surface area contributed by atoms with Gasteiger partial charge in [-0.3, -0.25) is 24.2 Å². The number of aliphatic hydroxyl groups is 1. The maximum Gasteiger partial charge on any atom is 0.323 e. The molecule has 2 heterocycles. The predicted molar refractivity (Wildman–Crippen MR) is 64.0 cm³/mol. The number of rotatable bonds is 4. The normalized spacial score (nSPS) is 28.2. The van der Waals surface area contributed by atoms with Gasteiger partial charge in [-0.15, -0.1) is 0 Å². The van der Waals surface area contributed by atoms with Gasteiger partial charge in [-0.2, -0.15) is 0 Å². The number of β-amino-alcohol motifs (C(OH)–C–C–N with tert-alkyl or cyclic N) is 1. The summed E-state index contributed by atoms with van der Waals surface area (Å²) >= 11 is 0. The predicted octanol–water partition coefficient (Wildman–Crippen LogP) is -1.26. The SMILES string of the molecule is COC(=O)C1CC(O)CN1CCN1C(=O)CCC1=O. The van der Waals surface area contributed by atoms with Crippen molar-refractivity contribution in [2.45, 2.75) is 31.4 Å². The van der Waals surface area contributed by atoms with Crippen LogP contribution in [0.5, 0.6) is 0 Å². The zero-order valence-electron chi connectivity index (χ0n) is 10.9. The van der Waals surface area contributed by atoms with E-state index in [0.717, 1.165) is 0 Å². The van der Waals surface area contributed by atoms with Crippen LogP contribution in [0.2, 0.25) is 0 Å². The van der Waals surface area contributed by atoms with Gasteiger partial charge in [0.1, 0.15) is 6.04 Å². The Morgan fingerprint density at radius 1 is 1.32 bits per heavy atom. The van der Waals surface area contributed by atoms with Crippen LogP contribution in [0.1, 0.15) is 19.3 Å². The maximum atomic E-state index is 11.6. The first kappa shape index (κ1) is 14.0. The molecule has 7 heteroatoms. The molecule has 0 aromatic heterocycles. The topological polar surface area (TPSA) is 87.2 Å². The van der Waals surface area contributed by atoms with E-state index in [1.807, 2.05) is 0 Å². The molecule has 2 saturated heterocycles. The number of likely N-dealkylation sites (tertiary alicyclic amines) is 2. The number of aliphatic hydroxyl groups excluding tert-OH is 1. The van der Waals surface area contributed by atoms with Gasteiger partial charge in [0.15, 0.2) is 0 Å². The molecule has 2 unspecified atom stereocenters. The highest BCUT2D eigenvalue weighted by molar-refractivity contribution is 6.01. The molecule has 0 aromatic carbocycles. The first-order valence-electron chi connectivity index (χ1n) is 6.36. The lowest BCUT2D eigenvalue weighted by molar-refractivity contribution is -0.146. The molecule has 0 spiro atoms. The van der Waals surface area contributed by atoms with Crippen molar-refractivity contribution in [1.29, 1.82) is 0 Å². The Bertz CT molecular complexity index is 382. The van der Waals surface area contributed by atoms with E-state index >= 15 is 0 Å². The highest BCUT2D eigenvalue weighted by atomic mass is 16.5. The fourth-order valence-electron chi connectivity index (χ4n) is 2.61. The van der Waals surface area contributed by atoms with Crippen molar-refractivity contribution in [2.75, 3.05) is 26.7 Å². The minimum absolute atomic E-state index is 0.167. The molecule has 2 aliphatic heterocycles. The number of imide groups is 1. The van der Waals surface area contributed by atoms with Crippen molar-refractivity contribution >= 4 is 17.8 Å². The smallest absolute Gasteiger partial charge is 0.323 e. The van der Waals surface area contributed by atoms with Crippen molar-refractivity contribution < 1.29 is 24.2 Å². The minimum atomic E-state index is -0.575. The second-order valence-corrected chi connectivity index (χ2v) is 4.86. The first-order valence-corrected chi connectivity index (χ1v) is 6.36. The number of amides is 2. The van der Waals surface area contributed by atoms with Gasteiger partial charge in [0.25, 0.3) is 0 Å². The standard InChI is InChI=1S/C12H18N2O5/c1-19-12(18)9-6-8(15)7-13(9)4-5-14-10(16)2-3-11(14)17/h8-9,15H,2-7H2,1H3. The van der Waals surface area contributed by atoms with Crippen molar-refractivity contribution in [2.24, 2.45) is 0 Å². The van der Waals surface area contributed by atoms with Crippen LogP contribution in [0.25, 0.3) is 0 Å².